The number of aromatic nitrogens is 1. The van der Waals surface area contributed by atoms with Crippen LogP contribution in [0.3, 0.4) is 0 Å². The van der Waals surface area contributed by atoms with Crippen molar-refractivity contribution in [3.63, 3.8) is 0 Å². The molecule has 0 saturated heterocycles. The van der Waals surface area contributed by atoms with E-state index >= 15 is 0 Å². The van der Waals surface area contributed by atoms with Crippen molar-refractivity contribution < 1.29 is 9.53 Å². The number of ether oxygens (including phenoxy) is 1. The van der Waals surface area contributed by atoms with E-state index < -0.39 is 0 Å². The lowest BCUT2D eigenvalue weighted by Crippen LogP contribution is -2.36. The van der Waals surface area contributed by atoms with Crippen molar-refractivity contribution >= 4 is 11.6 Å². The summed E-state index contributed by atoms with van der Waals surface area (Å²) in [6.45, 7) is 0.648. The van der Waals surface area contributed by atoms with E-state index in [1.54, 1.807) is 24.1 Å². The highest BCUT2D eigenvalue weighted by Crippen LogP contribution is 2.31. The van der Waals surface area contributed by atoms with Crippen molar-refractivity contribution in [3.8, 4) is 5.75 Å². The van der Waals surface area contributed by atoms with Crippen molar-refractivity contribution in [2.45, 2.75) is 12.8 Å². The van der Waals surface area contributed by atoms with Gasteiger partial charge in [0.1, 0.15) is 11.4 Å². The third-order valence-electron chi connectivity index (χ3n) is 3.65. The summed E-state index contributed by atoms with van der Waals surface area (Å²) >= 11 is 0. The number of hydrogen-bond acceptors (Lipinski definition) is 3. The monoisotopic (exact) mass is 284 g/mol. The van der Waals surface area contributed by atoms with Crippen LogP contribution in [0.5, 0.6) is 5.75 Å². The average molecular weight is 284 g/mol. The van der Waals surface area contributed by atoms with Gasteiger partial charge in [0.05, 0.1) is 7.11 Å². The van der Waals surface area contributed by atoms with Gasteiger partial charge in [-0.25, -0.2) is 0 Å². The second kappa shape index (κ2) is 5.44. The van der Waals surface area contributed by atoms with Crippen LogP contribution in [-0.2, 0) is 6.42 Å². The molecule has 108 valence electrons. The lowest BCUT2D eigenvalue weighted by molar-refractivity contribution is 0.0980. The van der Waals surface area contributed by atoms with E-state index in [0.29, 0.717) is 12.2 Å². The number of benzene rings is 1. The first-order chi connectivity index (χ1) is 10.2. The quantitative estimate of drug-likeness (QED) is 0.917. The molecule has 2 heterocycles. The molecular weight excluding hydrogens is 268 g/mol. The molecule has 1 aromatic heterocycles. The highest BCUT2D eigenvalue weighted by molar-refractivity contribution is 6.05. The van der Waals surface area contributed by atoms with Crippen molar-refractivity contribution in [1.29, 1.82) is 0 Å². The Labute approximate surface area is 122 Å². The zero-order valence-electron chi connectivity index (χ0n) is 11.8. The van der Waals surface area contributed by atoms with Crippen LogP contribution >= 0.6 is 0 Å². The summed E-state index contributed by atoms with van der Waals surface area (Å²) in [4.78, 5) is 28.3. The van der Waals surface area contributed by atoms with Crippen molar-refractivity contribution in [2.75, 3.05) is 18.6 Å². The van der Waals surface area contributed by atoms with Gasteiger partial charge in [-0.05, 0) is 42.7 Å². The minimum atomic E-state index is -0.271. The Kier molecular flexibility index (Phi) is 3.48. The molecule has 0 aliphatic carbocycles. The second-order valence-corrected chi connectivity index (χ2v) is 4.98. The predicted octanol–water partition coefficient (Wildman–Crippen LogP) is 1.98. The third kappa shape index (κ3) is 2.54. The van der Waals surface area contributed by atoms with Gasteiger partial charge >= 0.3 is 0 Å². The number of nitrogens with zero attached hydrogens (tertiary/aromatic N) is 1. The first-order valence-corrected chi connectivity index (χ1v) is 6.87. The van der Waals surface area contributed by atoms with Crippen LogP contribution in [0.15, 0.2) is 41.2 Å². The van der Waals surface area contributed by atoms with Crippen LogP contribution in [0.2, 0.25) is 0 Å². The maximum atomic E-state index is 12.6. The number of fused-ring (bicyclic) bond motifs is 1. The molecule has 0 saturated carbocycles. The molecule has 1 aliphatic heterocycles. The van der Waals surface area contributed by atoms with E-state index in [4.69, 9.17) is 4.74 Å². The number of carbonyl (C=O) groups excluding carboxylic acids is 1. The Morgan fingerprint density at radius 2 is 2.14 bits per heavy atom. The van der Waals surface area contributed by atoms with Crippen molar-refractivity contribution in [3.05, 3.63) is 58.0 Å². The fraction of sp³-hybridized carbons (Fsp3) is 0.250. The van der Waals surface area contributed by atoms with Crippen LogP contribution in [0.25, 0.3) is 0 Å². The van der Waals surface area contributed by atoms with E-state index in [9.17, 15) is 9.59 Å². The summed E-state index contributed by atoms with van der Waals surface area (Å²) < 4.78 is 5.23. The Morgan fingerprint density at radius 3 is 2.90 bits per heavy atom. The van der Waals surface area contributed by atoms with Gasteiger partial charge in [-0.3, -0.25) is 9.59 Å². The molecule has 5 nitrogen and oxygen atoms in total. The van der Waals surface area contributed by atoms with Crippen molar-refractivity contribution in [2.24, 2.45) is 0 Å². The number of anilines is 1. The summed E-state index contributed by atoms with van der Waals surface area (Å²) in [5.74, 6) is 0.606. The molecule has 0 fully saturated rings. The number of amides is 1. The highest BCUT2D eigenvalue weighted by atomic mass is 16.5. The summed E-state index contributed by atoms with van der Waals surface area (Å²) in [5, 5.41) is 0. The molecule has 1 aromatic carbocycles. The van der Waals surface area contributed by atoms with Crippen LogP contribution in [0, 0.1) is 0 Å². The smallest absolute Gasteiger partial charge is 0.274 e. The van der Waals surface area contributed by atoms with E-state index in [2.05, 4.69) is 4.98 Å². The zero-order valence-corrected chi connectivity index (χ0v) is 11.8. The van der Waals surface area contributed by atoms with Gasteiger partial charge in [-0.2, -0.15) is 0 Å². The number of methoxy groups -OCH3 is 1. The summed E-state index contributed by atoms with van der Waals surface area (Å²) in [6, 6.07) is 10.3. The van der Waals surface area contributed by atoms with Gasteiger partial charge in [0.15, 0.2) is 0 Å². The molecule has 1 amide bonds. The third-order valence-corrected chi connectivity index (χ3v) is 3.65. The standard InChI is InChI=1S/C16H16N2O3/c1-21-12-7-8-14-11(10-12)4-3-9-18(14)16(20)13-5-2-6-15(19)17-13/h2,5-8,10H,3-4,9H2,1H3,(H,17,19). The average Bonchev–Trinajstić information content (AvgIpc) is 2.53. The molecule has 5 heteroatoms. The van der Waals surface area contributed by atoms with Crippen molar-refractivity contribution in [1.82, 2.24) is 4.98 Å². The SMILES string of the molecule is COc1ccc2c(c1)CCCN2C(=O)c1cccc(=O)[nH]1. The summed E-state index contributed by atoms with van der Waals surface area (Å²) in [5.41, 5.74) is 2.02. The van der Waals surface area contributed by atoms with Gasteiger partial charge < -0.3 is 14.6 Å². The number of H-pyrrole nitrogens is 1. The number of pyridine rings is 1. The normalized spacial score (nSPS) is 13.7. The first kappa shape index (κ1) is 13.4. The summed E-state index contributed by atoms with van der Waals surface area (Å²) in [7, 11) is 1.63. The Hall–Kier alpha value is -2.56. The van der Waals surface area contributed by atoms with Gasteiger partial charge in [-0.1, -0.05) is 6.07 Å². The minimum absolute atomic E-state index is 0.182. The zero-order chi connectivity index (χ0) is 14.8. The molecule has 0 unspecified atom stereocenters. The number of hydrogen-bond donors (Lipinski definition) is 1. The number of nitrogens with one attached hydrogen (secondary N) is 1. The molecule has 1 N–H and O–H groups in total. The van der Waals surface area contributed by atoms with E-state index in [1.807, 2.05) is 18.2 Å². The Bertz CT molecular complexity index is 736. The molecule has 3 rings (SSSR count). The van der Waals surface area contributed by atoms with Gasteiger partial charge in [-0.15, -0.1) is 0 Å². The van der Waals surface area contributed by atoms with Crippen LogP contribution in [-0.4, -0.2) is 24.5 Å². The molecule has 0 bridgehead atoms. The molecular formula is C16H16N2O3. The van der Waals surface area contributed by atoms with Crippen LogP contribution in [0.1, 0.15) is 22.5 Å². The lowest BCUT2D eigenvalue weighted by Gasteiger charge is -2.29. The van der Waals surface area contributed by atoms with E-state index in [-0.39, 0.29) is 11.5 Å². The largest absolute Gasteiger partial charge is 0.497 e. The maximum absolute atomic E-state index is 12.6. The number of carbonyl (C=O) groups is 1. The van der Waals surface area contributed by atoms with Crippen LogP contribution in [0.4, 0.5) is 5.69 Å². The van der Waals surface area contributed by atoms with Gasteiger partial charge in [0, 0.05) is 18.3 Å². The van der Waals surface area contributed by atoms with Gasteiger partial charge in [0.25, 0.3) is 5.91 Å². The summed E-state index contributed by atoms with van der Waals surface area (Å²) in [6.07, 6.45) is 1.81. The Morgan fingerprint density at radius 1 is 1.29 bits per heavy atom. The molecule has 1 aliphatic rings. The predicted molar refractivity (Wildman–Crippen MR) is 80.1 cm³/mol. The second-order valence-electron chi connectivity index (χ2n) is 4.98. The topological polar surface area (TPSA) is 62.4 Å². The van der Waals surface area contributed by atoms with E-state index in [0.717, 1.165) is 29.8 Å². The number of aromatic amines is 1. The fourth-order valence-electron chi connectivity index (χ4n) is 2.63. The highest BCUT2D eigenvalue weighted by Gasteiger charge is 2.24. The molecule has 2 aromatic rings. The minimum Gasteiger partial charge on any atom is -0.497 e. The van der Waals surface area contributed by atoms with E-state index in [1.165, 1.54) is 6.07 Å². The maximum Gasteiger partial charge on any atom is 0.274 e. The Balaban J connectivity index is 1.98. The molecule has 0 spiro atoms. The van der Waals surface area contributed by atoms with Crippen LogP contribution < -0.4 is 15.2 Å². The molecule has 0 atom stereocenters. The first-order valence-electron chi connectivity index (χ1n) is 6.87. The fourth-order valence-corrected chi connectivity index (χ4v) is 2.63. The molecule has 21 heavy (non-hydrogen) atoms. The number of aryl methyl sites for hydroxylation is 1. The molecule has 0 radical (unpaired) electrons. The van der Waals surface area contributed by atoms with Gasteiger partial charge in [0.2, 0.25) is 5.56 Å². The lowest BCUT2D eigenvalue weighted by atomic mass is 10.0. The number of rotatable bonds is 2.